The molecule has 3 aromatic rings. The molecular formula is C13H11N3O. The zero-order valence-corrected chi connectivity index (χ0v) is 9.47. The SMILES string of the molecule is CCc1nn(CC#N)c2c1ccc1occc12. The Balaban J connectivity index is 2.46. The number of rotatable bonds is 2. The lowest BCUT2D eigenvalue weighted by Crippen LogP contribution is -1.98. The molecule has 2 heterocycles. The summed E-state index contributed by atoms with van der Waals surface area (Å²) in [5, 5.41) is 15.5. The predicted octanol–water partition coefficient (Wildman–Crippen LogP) is 2.87. The van der Waals surface area contributed by atoms with Crippen LogP contribution in [0.25, 0.3) is 21.9 Å². The highest BCUT2D eigenvalue weighted by Crippen LogP contribution is 2.28. The number of nitrogens with zero attached hydrogens (tertiary/aromatic N) is 3. The second-order valence-corrected chi connectivity index (χ2v) is 3.91. The Hall–Kier alpha value is -2.28. The minimum absolute atomic E-state index is 0.265. The second-order valence-electron chi connectivity index (χ2n) is 3.91. The van der Waals surface area contributed by atoms with Gasteiger partial charge in [-0.2, -0.15) is 10.4 Å². The minimum atomic E-state index is 0.265. The molecule has 0 N–H and O–H groups in total. The molecule has 17 heavy (non-hydrogen) atoms. The van der Waals surface area contributed by atoms with Crippen molar-refractivity contribution < 1.29 is 4.42 Å². The molecule has 0 aliphatic rings. The Morgan fingerprint density at radius 3 is 3.00 bits per heavy atom. The lowest BCUT2D eigenvalue weighted by Gasteiger charge is -1.97. The van der Waals surface area contributed by atoms with Gasteiger partial charge in [0, 0.05) is 10.8 Å². The van der Waals surface area contributed by atoms with Crippen LogP contribution in [-0.4, -0.2) is 9.78 Å². The van der Waals surface area contributed by atoms with Gasteiger partial charge in [-0.05, 0) is 24.6 Å². The number of fused-ring (bicyclic) bond motifs is 3. The Kier molecular flexibility index (Phi) is 2.12. The topological polar surface area (TPSA) is 54.8 Å². The first kappa shape index (κ1) is 9.91. The Morgan fingerprint density at radius 2 is 2.24 bits per heavy atom. The Bertz CT molecular complexity index is 730. The first-order valence-corrected chi connectivity index (χ1v) is 5.57. The average molecular weight is 225 g/mol. The van der Waals surface area contributed by atoms with Crippen molar-refractivity contribution in [2.24, 2.45) is 0 Å². The highest BCUT2D eigenvalue weighted by molar-refractivity contribution is 6.04. The molecule has 0 unspecified atom stereocenters. The number of benzene rings is 1. The minimum Gasteiger partial charge on any atom is -0.464 e. The molecule has 0 radical (unpaired) electrons. The van der Waals surface area contributed by atoms with Crippen LogP contribution in [0.3, 0.4) is 0 Å². The van der Waals surface area contributed by atoms with Gasteiger partial charge in [0.25, 0.3) is 0 Å². The van der Waals surface area contributed by atoms with E-state index in [0.29, 0.717) is 0 Å². The van der Waals surface area contributed by atoms with E-state index in [1.165, 1.54) is 0 Å². The van der Waals surface area contributed by atoms with E-state index >= 15 is 0 Å². The molecular weight excluding hydrogens is 214 g/mol. The Labute approximate surface area is 98.0 Å². The number of hydrogen-bond acceptors (Lipinski definition) is 3. The first-order chi connectivity index (χ1) is 8.35. The summed E-state index contributed by atoms with van der Waals surface area (Å²) in [6.45, 7) is 2.33. The van der Waals surface area contributed by atoms with Gasteiger partial charge in [-0.3, -0.25) is 0 Å². The summed E-state index contributed by atoms with van der Waals surface area (Å²) < 4.78 is 7.13. The maximum absolute atomic E-state index is 8.85. The van der Waals surface area contributed by atoms with Gasteiger partial charge >= 0.3 is 0 Å². The van der Waals surface area contributed by atoms with Crippen molar-refractivity contribution in [2.45, 2.75) is 19.9 Å². The van der Waals surface area contributed by atoms with E-state index in [1.807, 2.05) is 18.2 Å². The molecule has 0 aliphatic carbocycles. The van der Waals surface area contributed by atoms with Crippen LogP contribution >= 0.6 is 0 Å². The van der Waals surface area contributed by atoms with Gasteiger partial charge in [-0.1, -0.05) is 6.92 Å². The van der Waals surface area contributed by atoms with E-state index in [-0.39, 0.29) is 6.54 Å². The number of aryl methyl sites for hydroxylation is 1. The summed E-state index contributed by atoms with van der Waals surface area (Å²) in [7, 11) is 0. The molecule has 0 aliphatic heterocycles. The van der Waals surface area contributed by atoms with Crippen LogP contribution in [0.15, 0.2) is 28.9 Å². The van der Waals surface area contributed by atoms with Gasteiger partial charge in [0.2, 0.25) is 0 Å². The van der Waals surface area contributed by atoms with Gasteiger partial charge in [-0.15, -0.1) is 0 Å². The maximum atomic E-state index is 8.85. The molecule has 1 aromatic carbocycles. The quantitative estimate of drug-likeness (QED) is 0.673. The molecule has 0 amide bonds. The fraction of sp³-hybridized carbons (Fsp3) is 0.231. The second kappa shape index (κ2) is 3.63. The van der Waals surface area contributed by atoms with Crippen LogP contribution in [0.1, 0.15) is 12.6 Å². The highest BCUT2D eigenvalue weighted by atomic mass is 16.3. The van der Waals surface area contributed by atoms with Crippen molar-refractivity contribution in [1.82, 2.24) is 9.78 Å². The molecule has 0 spiro atoms. The van der Waals surface area contributed by atoms with Gasteiger partial charge in [0.15, 0.2) is 0 Å². The predicted molar refractivity (Wildman–Crippen MR) is 64.5 cm³/mol. The molecule has 0 fully saturated rings. The van der Waals surface area contributed by atoms with Crippen LogP contribution in [0.5, 0.6) is 0 Å². The average Bonchev–Trinajstić information content (AvgIpc) is 2.92. The highest BCUT2D eigenvalue weighted by Gasteiger charge is 2.13. The summed E-state index contributed by atoms with van der Waals surface area (Å²) in [5.74, 6) is 0. The zero-order chi connectivity index (χ0) is 11.8. The fourth-order valence-electron chi connectivity index (χ4n) is 2.23. The van der Waals surface area contributed by atoms with E-state index in [0.717, 1.165) is 34.0 Å². The van der Waals surface area contributed by atoms with Crippen LogP contribution in [0.2, 0.25) is 0 Å². The normalized spacial score (nSPS) is 11.1. The van der Waals surface area contributed by atoms with Crippen molar-refractivity contribution >= 4 is 21.9 Å². The summed E-state index contributed by atoms with van der Waals surface area (Å²) in [4.78, 5) is 0. The lowest BCUT2D eigenvalue weighted by atomic mass is 10.1. The molecule has 0 saturated carbocycles. The van der Waals surface area contributed by atoms with E-state index in [1.54, 1.807) is 10.9 Å². The van der Waals surface area contributed by atoms with Crippen molar-refractivity contribution in [3.63, 3.8) is 0 Å². The summed E-state index contributed by atoms with van der Waals surface area (Å²) >= 11 is 0. The largest absolute Gasteiger partial charge is 0.464 e. The van der Waals surface area contributed by atoms with Crippen molar-refractivity contribution in [3.05, 3.63) is 30.2 Å². The number of furan rings is 1. The zero-order valence-electron chi connectivity index (χ0n) is 9.47. The maximum Gasteiger partial charge on any atom is 0.136 e. The molecule has 0 saturated heterocycles. The van der Waals surface area contributed by atoms with Gasteiger partial charge in [0.05, 0.1) is 23.5 Å². The van der Waals surface area contributed by atoms with E-state index < -0.39 is 0 Å². The van der Waals surface area contributed by atoms with E-state index in [9.17, 15) is 0 Å². The standard InChI is InChI=1S/C13H11N3O/c1-2-11-9-3-4-12-10(5-8-17-12)13(9)16(15-11)7-6-14/h3-5,8H,2,7H2,1H3. The smallest absolute Gasteiger partial charge is 0.136 e. The summed E-state index contributed by atoms with van der Waals surface area (Å²) in [6, 6.07) is 8.03. The van der Waals surface area contributed by atoms with Crippen LogP contribution < -0.4 is 0 Å². The number of hydrogen-bond donors (Lipinski definition) is 0. The lowest BCUT2D eigenvalue weighted by molar-refractivity contribution is 0.616. The Morgan fingerprint density at radius 1 is 1.35 bits per heavy atom. The summed E-state index contributed by atoms with van der Waals surface area (Å²) in [5.41, 5.74) is 2.85. The van der Waals surface area contributed by atoms with E-state index in [4.69, 9.17) is 9.68 Å². The first-order valence-electron chi connectivity index (χ1n) is 5.57. The number of aromatic nitrogens is 2. The van der Waals surface area contributed by atoms with Crippen LogP contribution in [0.4, 0.5) is 0 Å². The summed E-state index contributed by atoms with van der Waals surface area (Å²) in [6.07, 6.45) is 2.53. The molecule has 4 nitrogen and oxygen atoms in total. The van der Waals surface area contributed by atoms with E-state index in [2.05, 4.69) is 18.1 Å². The number of nitriles is 1. The third kappa shape index (κ3) is 1.32. The van der Waals surface area contributed by atoms with Crippen molar-refractivity contribution in [1.29, 1.82) is 5.26 Å². The molecule has 0 bridgehead atoms. The van der Waals surface area contributed by atoms with Crippen LogP contribution in [0, 0.1) is 11.3 Å². The van der Waals surface area contributed by atoms with Crippen molar-refractivity contribution in [3.8, 4) is 6.07 Å². The fourth-order valence-corrected chi connectivity index (χ4v) is 2.23. The van der Waals surface area contributed by atoms with Crippen LogP contribution in [-0.2, 0) is 13.0 Å². The molecule has 3 rings (SSSR count). The molecule has 0 atom stereocenters. The molecule has 4 heteroatoms. The third-order valence-corrected chi connectivity index (χ3v) is 2.97. The van der Waals surface area contributed by atoms with Gasteiger partial charge in [-0.25, -0.2) is 4.68 Å². The monoisotopic (exact) mass is 225 g/mol. The molecule has 2 aromatic heterocycles. The van der Waals surface area contributed by atoms with Gasteiger partial charge in [0.1, 0.15) is 12.1 Å². The third-order valence-electron chi connectivity index (χ3n) is 2.97. The molecule has 84 valence electrons. The van der Waals surface area contributed by atoms with Gasteiger partial charge < -0.3 is 4.42 Å². The van der Waals surface area contributed by atoms with Crippen molar-refractivity contribution in [2.75, 3.05) is 0 Å².